The second-order valence-electron chi connectivity index (χ2n) is 6.12. The van der Waals surface area contributed by atoms with Gasteiger partial charge in [-0.3, -0.25) is 4.79 Å². The summed E-state index contributed by atoms with van der Waals surface area (Å²) in [6.45, 7) is 4.47. The molecule has 6 nitrogen and oxygen atoms in total. The molecule has 1 aromatic heterocycles. The minimum absolute atomic E-state index is 0.0272. The van der Waals surface area contributed by atoms with Crippen LogP contribution in [0, 0.1) is 0 Å². The highest BCUT2D eigenvalue weighted by molar-refractivity contribution is 7.99. The fraction of sp³-hybridized carbons (Fsp3) is 0.786. The van der Waals surface area contributed by atoms with Crippen molar-refractivity contribution in [3.05, 3.63) is 5.82 Å². The van der Waals surface area contributed by atoms with Gasteiger partial charge in [-0.05, 0) is 46.0 Å². The van der Waals surface area contributed by atoms with E-state index in [2.05, 4.69) is 33.7 Å². The number of carboxylic acid groups (broad SMARTS) is 1. The van der Waals surface area contributed by atoms with Crippen LogP contribution in [0.1, 0.15) is 57.7 Å². The lowest BCUT2D eigenvalue weighted by Gasteiger charge is -2.42. The predicted octanol–water partition coefficient (Wildman–Crippen LogP) is 2.23. The Morgan fingerprint density at radius 1 is 1.24 bits per heavy atom. The summed E-state index contributed by atoms with van der Waals surface area (Å²) in [5, 5.41) is 20.6. The number of thioether (sulfide) groups is 1. The molecule has 0 amide bonds. The molecule has 0 aromatic carbocycles. The first kappa shape index (κ1) is 14.7. The monoisotopic (exact) mass is 310 g/mol. The number of aromatic nitrogens is 3. The fourth-order valence-corrected chi connectivity index (χ4v) is 3.77. The summed E-state index contributed by atoms with van der Waals surface area (Å²) in [6, 6.07) is 0.873. The number of piperidine rings is 1. The fourth-order valence-electron chi connectivity index (χ4n) is 3.11. The van der Waals surface area contributed by atoms with Crippen LogP contribution in [-0.4, -0.2) is 43.8 Å². The Bertz CT molecular complexity index is 519. The zero-order valence-electron chi connectivity index (χ0n) is 12.5. The van der Waals surface area contributed by atoms with Crippen molar-refractivity contribution in [3.8, 4) is 0 Å². The van der Waals surface area contributed by atoms with Crippen molar-refractivity contribution in [1.82, 2.24) is 14.9 Å². The number of hydrogen-bond acceptors (Lipinski definition) is 5. The quantitative estimate of drug-likeness (QED) is 0.841. The molecule has 2 aliphatic rings. The molecule has 2 unspecified atom stereocenters. The highest BCUT2D eigenvalue weighted by Crippen LogP contribution is 2.41. The van der Waals surface area contributed by atoms with Gasteiger partial charge in [-0.15, -0.1) is 10.2 Å². The van der Waals surface area contributed by atoms with Crippen LogP contribution in [0.15, 0.2) is 5.16 Å². The van der Waals surface area contributed by atoms with Gasteiger partial charge in [0.15, 0.2) is 5.82 Å². The molecule has 1 aliphatic heterocycles. The molecule has 0 radical (unpaired) electrons. The van der Waals surface area contributed by atoms with Gasteiger partial charge in [0.2, 0.25) is 5.16 Å². The summed E-state index contributed by atoms with van der Waals surface area (Å²) in [5.41, 5.74) is 0. The van der Waals surface area contributed by atoms with E-state index in [0.717, 1.165) is 23.8 Å². The van der Waals surface area contributed by atoms with Crippen LogP contribution in [0.25, 0.3) is 0 Å². The largest absolute Gasteiger partial charge is 0.481 e. The third kappa shape index (κ3) is 3.02. The molecule has 1 N–H and O–H groups in total. The molecule has 0 spiro atoms. The van der Waals surface area contributed by atoms with Gasteiger partial charge >= 0.3 is 5.97 Å². The molecular formula is C14H22N4O2S. The summed E-state index contributed by atoms with van der Waals surface area (Å²) in [4.78, 5) is 10.9. The molecule has 0 bridgehead atoms. The molecule has 2 fully saturated rings. The Morgan fingerprint density at radius 2 is 1.90 bits per heavy atom. The molecule has 2 heterocycles. The van der Waals surface area contributed by atoms with Crippen LogP contribution in [0.5, 0.6) is 0 Å². The molecular weight excluding hydrogens is 288 g/mol. The zero-order valence-corrected chi connectivity index (χ0v) is 13.3. The Kier molecular flexibility index (Phi) is 4.10. The Morgan fingerprint density at radius 3 is 2.48 bits per heavy atom. The second-order valence-corrected chi connectivity index (χ2v) is 7.06. The van der Waals surface area contributed by atoms with Crippen molar-refractivity contribution < 1.29 is 9.90 Å². The van der Waals surface area contributed by atoms with Crippen molar-refractivity contribution in [2.75, 3.05) is 10.8 Å². The van der Waals surface area contributed by atoms with Gasteiger partial charge in [0, 0.05) is 18.0 Å². The molecule has 3 rings (SSSR count). The maximum absolute atomic E-state index is 10.9. The van der Waals surface area contributed by atoms with E-state index in [-0.39, 0.29) is 5.75 Å². The molecule has 1 aliphatic carbocycles. The molecule has 7 heteroatoms. The minimum Gasteiger partial charge on any atom is -0.481 e. The molecule has 1 saturated heterocycles. The van der Waals surface area contributed by atoms with E-state index < -0.39 is 5.97 Å². The van der Waals surface area contributed by atoms with E-state index in [4.69, 9.17) is 5.11 Å². The normalized spacial score (nSPS) is 26.1. The van der Waals surface area contributed by atoms with Gasteiger partial charge in [0.25, 0.3) is 0 Å². The van der Waals surface area contributed by atoms with Crippen molar-refractivity contribution in [2.45, 2.75) is 69.1 Å². The Balaban J connectivity index is 1.92. The summed E-state index contributed by atoms with van der Waals surface area (Å²) < 4.78 is 2.12. The second kappa shape index (κ2) is 5.87. The number of hydrogen-bond donors (Lipinski definition) is 1. The van der Waals surface area contributed by atoms with Crippen LogP contribution in [-0.2, 0) is 4.79 Å². The molecule has 1 saturated carbocycles. The van der Waals surface area contributed by atoms with E-state index in [1.165, 1.54) is 31.0 Å². The third-order valence-electron chi connectivity index (χ3n) is 4.28. The first-order valence-electron chi connectivity index (χ1n) is 7.66. The van der Waals surface area contributed by atoms with Crippen LogP contribution >= 0.6 is 11.8 Å². The minimum atomic E-state index is -0.817. The van der Waals surface area contributed by atoms with Gasteiger partial charge in [0.05, 0.1) is 5.75 Å². The van der Waals surface area contributed by atoms with Gasteiger partial charge < -0.3 is 10.1 Å². The summed E-state index contributed by atoms with van der Waals surface area (Å²) in [7, 11) is 0. The zero-order chi connectivity index (χ0) is 15.0. The van der Waals surface area contributed by atoms with E-state index in [1.54, 1.807) is 0 Å². The number of carbonyl (C=O) groups is 1. The lowest BCUT2D eigenvalue weighted by molar-refractivity contribution is -0.133. The first-order valence-corrected chi connectivity index (χ1v) is 8.65. The average molecular weight is 310 g/mol. The number of aliphatic carboxylic acids is 1. The molecule has 116 valence electrons. The smallest absolute Gasteiger partial charge is 0.313 e. The van der Waals surface area contributed by atoms with Crippen LogP contribution in [0.3, 0.4) is 0 Å². The summed E-state index contributed by atoms with van der Waals surface area (Å²) >= 11 is 1.27. The first-order chi connectivity index (χ1) is 10.1. The van der Waals surface area contributed by atoms with Gasteiger partial charge in [0.1, 0.15) is 0 Å². The van der Waals surface area contributed by atoms with Gasteiger partial charge in [-0.1, -0.05) is 11.8 Å². The van der Waals surface area contributed by atoms with Crippen LogP contribution < -0.4 is 5.01 Å². The van der Waals surface area contributed by atoms with Crippen molar-refractivity contribution >= 4 is 17.7 Å². The number of rotatable bonds is 5. The lowest BCUT2D eigenvalue weighted by atomic mass is 10.00. The van der Waals surface area contributed by atoms with Crippen molar-refractivity contribution in [2.24, 2.45) is 0 Å². The van der Waals surface area contributed by atoms with E-state index in [9.17, 15) is 4.79 Å². The van der Waals surface area contributed by atoms with Crippen molar-refractivity contribution in [3.63, 3.8) is 0 Å². The SMILES string of the molecule is CC1CCCC(C)N1n1c(SCC(=O)O)nnc1C1CC1. The molecule has 1 aromatic rings. The topological polar surface area (TPSA) is 71.2 Å². The van der Waals surface area contributed by atoms with Crippen LogP contribution in [0.2, 0.25) is 0 Å². The molecule has 2 atom stereocenters. The average Bonchev–Trinajstić information content (AvgIpc) is 3.18. The van der Waals surface area contributed by atoms with E-state index in [1.807, 2.05) is 0 Å². The maximum atomic E-state index is 10.9. The Hall–Kier alpha value is -1.24. The highest BCUT2D eigenvalue weighted by atomic mass is 32.2. The highest BCUT2D eigenvalue weighted by Gasteiger charge is 2.36. The van der Waals surface area contributed by atoms with E-state index >= 15 is 0 Å². The summed E-state index contributed by atoms with van der Waals surface area (Å²) in [5.74, 6) is 0.725. The van der Waals surface area contributed by atoms with E-state index in [0.29, 0.717) is 18.0 Å². The summed E-state index contributed by atoms with van der Waals surface area (Å²) in [6.07, 6.45) is 5.90. The lowest BCUT2D eigenvalue weighted by Crippen LogP contribution is -2.51. The number of nitrogens with zero attached hydrogens (tertiary/aromatic N) is 4. The van der Waals surface area contributed by atoms with Gasteiger partial charge in [-0.2, -0.15) is 0 Å². The predicted molar refractivity (Wildman–Crippen MR) is 81.3 cm³/mol. The van der Waals surface area contributed by atoms with Gasteiger partial charge in [-0.25, -0.2) is 4.68 Å². The van der Waals surface area contributed by atoms with Crippen molar-refractivity contribution in [1.29, 1.82) is 0 Å². The van der Waals surface area contributed by atoms with Crippen LogP contribution in [0.4, 0.5) is 0 Å². The third-order valence-corrected chi connectivity index (χ3v) is 5.19. The standard InChI is InChI=1S/C14H22N4O2S/c1-9-4-3-5-10(2)17(9)18-13(11-6-7-11)15-16-14(18)21-8-12(19)20/h9-11H,3-8H2,1-2H3,(H,19,20). The molecule has 21 heavy (non-hydrogen) atoms. The Labute approximate surface area is 128 Å². The number of carboxylic acids is 1. The maximum Gasteiger partial charge on any atom is 0.313 e.